The number of hydrogen-bond donors (Lipinski definition) is 3. The summed E-state index contributed by atoms with van der Waals surface area (Å²) in [5.41, 5.74) is 7.31. The van der Waals surface area contributed by atoms with Crippen molar-refractivity contribution in [3.8, 4) is 5.75 Å². The third kappa shape index (κ3) is 10.3. The molecule has 2 aromatic rings. The maximum atomic E-state index is 15.2. The largest absolute Gasteiger partial charge is 0.492 e. The van der Waals surface area contributed by atoms with Gasteiger partial charge < -0.3 is 30.6 Å². The third-order valence-electron chi connectivity index (χ3n) is 6.80. The lowest BCUT2D eigenvalue weighted by molar-refractivity contribution is -0.106. The highest BCUT2D eigenvalue weighted by atomic mass is 19.1. The van der Waals surface area contributed by atoms with E-state index in [1.54, 1.807) is 19.2 Å². The second-order valence-corrected chi connectivity index (χ2v) is 9.58. The summed E-state index contributed by atoms with van der Waals surface area (Å²) in [5, 5.41) is 6.72. The number of benzene rings is 2. The average molecular weight is 556 g/mol. The summed E-state index contributed by atoms with van der Waals surface area (Å²) in [5.74, 6) is 0.773. The lowest BCUT2D eigenvalue weighted by Crippen LogP contribution is -2.38. The highest BCUT2D eigenvalue weighted by Gasteiger charge is 2.16. The number of nitrogens with two attached hydrogens (primary N) is 1. The van der Waals surface area contributed by atoms with Crippen LogP contribution in [-0.2, 0) is 14.3 Å². The Morgan fingerprint density at radius 1 is 1.15 bits per heavy atom. The molecule has 218 valence electrons. The van der Waals surface area contributed by atoms with Crippen LogP contribution in [0.3, 0.4) is 0 Å². The van der Waals surface area contributed by atoms with Gasteiger partial charge in [0.05, 0.1) is 24.5 Å². The van der Waals surface area contributed by atoms with Crippen LogP contribution in [-0.4, -0.2) is 76.7 Å². The quantitative estimate of drug-likeness (QED) is 0.258. The van der Waals surface area contributed by atoms with Gasteiger partial charge in [0.15, 0.2) is 0 Å². The summed E-state index contributed by atoms with van der Waals surface area (Å²) in [6, 6.07) is 11.1. The number of nitrogens with one attached hydrogen (secondary N) is 2. The van der Waals surface area contributed by atoms with E-state index in [1.807, 2.05) is 24.3 Å². The Hall–Kier alpha value is -3.47. The summed E-state index contributed by atoms with van der Waals surface area (Å²) in [6.45, 7) is 13.1. The minimum Gasteiger partial charge on any atom is -0.492 e. The molecule has 2 aliphatic rings. The fraction of sp³-hybridized carbons (Fsp3) is 0.467. The van der Waals surface area contributed by atoms with E-state index in [9.17, 15) is 0 Å². The first-order valence-electron chi connectivity index (χ1n) is 13.8. The fourth-order valence-electron chi connectivity index (χ4n) is 4.67. The van der Waals surface area contributed by atoms with Gasteiger partial charge >= 0.3 is 0 Å². The zero-order valence-corrected chi connectivity index (χ0v) is 23.4. The van der Waals surface area contributed by atoms with Crippen molar-refractivity contribution in [2.24, 2.45) is 16.6 Å². The van der Waals surface area contributed by atoms with Crippen LogP contribution in [0.1, 0.15) is 31.7 Å². The number of rotatable bonds is 12. The number of ether oxygens (including phenoxy) is 3. The third-order valence-corrected chi connectivity index (χ3v) is 6.80. The predicted octanol–water partition coefficient (Wildman–Crippen LogP) is 4.67. The van der Waals surface area contributed by atoms with E-state index in [0.29, 0.717) is 29.3 Å². The van der Waals surface area contributed by atoms with E-state index in [2.05, 4.69) is 32.8 Å². The summed E-state index contributed by atoms with van der Waals surface area (Å²) in [6.07, 6.45) is 5.33. The van der Waals surface area contributed by atoms with Crippen LogP contribution in [0.5, 0.6) is 5.75 Å². The molecule has 40 heavy (non-hydrogen) atoms. The Morgan fingerprint density at radius 3 is 2.48 bits per heavy atom. The SMILES string of the molecule is C=C(Nc1ccc(NCCC2CCOCC2)cc1)c1c(F)cc(OCCN2CCOCC2)cc1N=CC.NC=O. The maximum absolute atomic E-state index is 15.2. The van der Waals surface area contributed by atoms with Crippen LogP contribution >= 0.6 is 0 Å². The number of carbonyl (C=O) groups is 1. The van der Waals surface area contributed by atoms with Gasteiger partial charge in [0, 0.05) is 74.8 Å². The molecule has 0 atom stereocenters. The van der Waals surface area contributed by atoms with Crippen molar-refractivity contribution in [2.75, 3.05) is 69.8 Å². The van der Waals surface area contributed by atoms with Crippen LogP contribution in [0.15, 0.2) is 48.0 Å². The first-order valence-corrected chi connectivity index (χ1v) is 13.8. The molecule has 0 bridgehead atoms. The molecule has 9 nitrogen and oxygen atoms in total. The van der Waals surface area contributed by atoms with Crippen LogP contribution in [0.4, 0.5) is 21.5 Å². The Labute approximate surface area is 236 Å². The minimum absolute atomic E-state index is 0.250. The summed E-state index contributed by atoms with van der Waals surface area (Å²) in [7, 11) is 0. The molecule has 0 saturated carbocycles. The maximum Gasteiger partial charge on any atom is 0.204 e. The summed E-state index contributed by atoms with van der Waals surface area (Å²) < 4.78 is 31.9. The van der Waals surface area contributed by atoms with Crippen LogP contribution in [0.25, 0.3) is 5.70 Å². The van der Waals surface area contributed by atoms with E-state index in [0.717, 1.165) is 89.2 Å². The lowest BCUT2D eigenvalue weighted by Gasteiger charge is -2.26. The lowest BCUT2D eigenvalue weighted by atomic mass is 9.97. The zero-order valence-electron chi connectivity index (χ0n) is 23.4. The van der Waals surface area contributed by atoms with E-state index in [4.69, 9.17) is 19.0 Å². The number of nitrogens with zero attached hydrogens (tertiary/aromatic N) is 2. The molecule has 2 fully saturated rings. The molecular weight excluding hydrogens is 513 g/mol. The molecule has 4 N–H and O–H groups in total. The molecule has 0 aromatic heterocycles. The molecule has 2 aliphatic heterocycles. The monoisotopic (exact) mass is 555 g/mol. The highest BCUT2D eigenvalue weighted by Crippen LogP contribution is 2.33. The Balaban J connectivity index is 0.00000141. The van der Waals surface area contributed by atoms with Gasteiger partial charge in [-0.2, -0.15) is 0 Å². The average Bonchev–Trinajstić information content (AvgIpc) is 2.95. The van der Waals surface area contributed by atoms with Crippen molar-refractivity contribution in [2.45, 2.75) is 26.2 Å². The van der Waals surface area contributed by atoms with Gasteiger partial charge in [0.25, 0.3) is 0 Å². The Kier molecular flexibility index (Phi) is 13.4. The van der Waals surface area contributed by atoms with Crippen molar-refractivity contribution in [1.29, 1.82) is 0 Å². The number of amides is 1. The summed E-state index contributed by atoms with van der Waals surface area (Å²) >= 11 is 0. The molecule has 0 unspecified atom stereocenters. The molecule has 1 amide bonds. The van der Waals surface area contributed by atoms with Gasteiger partial charge in [-0.1, -0.05) is 6.58 Å². The van der Waals surface area contributed by atoms with Gasteiger partial charge in [-0.05, 0) is 56.4 Å². The number of aliphatic imine (C=N–C) groups is 1. The normalized spacial score (nSPS) is 16.1. The van der Waals surface area contributed by atoms with E-state index < -0.39 is 5.82 Å². The molecule has 2 aromatic carbocycles. The fourth-order valence-corrected chi connectivity index (χ4v) is 4.67. The Bertz CT molecular complexity index is 1080. The van der Waals surface area contributed by atoms with Gasteiger partial charge in [0.1, 0.15) is 18.2 Å². The number of carbonyl (C=O) groups excluding carboxylic acids is 1. The molecule has 0 spiro atoms. The van der Waals surface area contributed by atoms with Crippen molar-refractivity contribution in [1.82, 2.24) is 4.90 Å². The molecule has 0 aliphatic carbocycles. The van der Waals surface area contributed by atoms with Gasteiger partial charge in [-0.15, -0.1) is 0 Å². The molecular formula is C30H42FN5O4. The second kappa shape index (κ2) is 17.3. The van der Waals surface area contributed by atoms with Crippen molar-refractivity contribution >= 4 is 35.4 Å². The minimum atomic E-state index is -0.423. The van der Waals surface area contributed by atoms with Gasteiger partial charge in [-0.3, -0.25) is 14.7 Å². The van der Waals surface area contributed by atoms with Crippen LogP contribution < -0.4 is 21.1 Å². The highest BCUT2D eigenvalue weighted by molar-refractivity contribution is 5.83. The number of anilines is 2. The molecule has 4 rings (SSSR count). The summed E-state index contributed by atoms with van der Waals surface area (Å²) in [4.78, 5) is 15.2. The predicted molar refractivity (Wildman–Crippen MR) is 159 cm³/mol. The second-order valence-electron chi connectivity index (χ2n) is 9.58. The number of halogens is 1. The smallest absolute Gasteiger partial charge is 0.204 e. The van der Waals surface area contributed by atoms with Crippen LogP contribution in [0.2, 0.25) is 0 Å². The Morgan fingerprint density at radius 2 is 1.80 bits per heavy atom. The first-order chi connectivity index (χ1) is 19.5. The number of hydrogen-bond acceptors (Lipinski definition) is 8. The topological polar surface area (TPSA) is 110 Å². The number of primary amides is 1. The van der Waals surface area contributed by atoms with E-state index >= 15 is 4.39 Å². The zero-order chi connectivity index (χ0) is 28.6. The van der Waals surface area contributed by atoms with Gasteiger partial charge in [0.2, 0.25) is 6.41 Å². The molecule has 10 heteroatoms. The molecule has 2 saturated heterocycles. The molecule has 0 radical (unpaired) electrons. The van der Waals surface area contributed by atoms with Crippen molar-refractivity contribution in [3.63, 3.8) is 0 Å². The van der Waals surface area contributed by atoms with Crippen molar-refractivity contribution < 1.29 is 23.4 Å². The van der Waals surface area contributed by atoms with Crippen LogP contribution in [0, 0.1) is 11.7 Å². The molecule has 2 heterocycles. The standard InChI is InChI=1S/C29H39FN4O3.CH3NO/c1-3-31-28-21-26(37-19-14-34-12-17-36-18-13-34)20-27(30)29(28)22(2)33-25-6-4-24(5-7-25)32-11-8-23-9-15-35-16-10-23;2-1-3/h3-7,20-21,23,32-33H,2,8-19H2,1H3;1H,(H2,2,3). The number of morpholine rings is 1. The van der Waals surface area contributed by atoms with E-state index in [1.165, 1.54) is 6.07 Å². The first kappa shape index (κ1) is 31.1. The van der Waals surface area contributed by atoms with Crippen molar-refractivity contribution in [3.05, 3.63) is 54.4 Å². The van der Waals surface area contributed by atoms with E-state index in [-0.39, 0.29) is 6.41 Å². The van der Waals surface area contributed by atoms with Gasteiger partial charge in [-0.25, -0.2) is 4.39 Å².